The minimum Gasteiger partial charge on any atom is -0.413 e. The van der Waals surface area contributed by atoms with Crippen molar-refractivity contribution >= 4 is 14.1 Å². The van der Waals surface area contributed by atoms with E-state index in [-0.39, 0.29) is 16.9 Å². The van der Waals surface area contributed by atoms with Crippen LogP contribution in [0.15, 0.2) is 30.3 Å². The zero-order chi connectivity index (χ0) is 17.5. The van der Waals surface area contributed by atoms with Crippen molar-refractivity contribution in [2.45, 2.75) is 71.4 Å². The van der Waals surface area contributed by atoms with E-state index in [9.17, 15) is 4.79 Å². The Morgan fingerprint density at radius 3 is 2.30 bits per heavy atom. The zero-order valence-electron chi connectivity index (χ0n) is 15.5. The van der Waals surface area contributed by atoms with E-state index in [1.165, 1.54) is 5.56 Å². The summed E-state index contributed by atoms with van der Waals surface area (Å²) in [5.41, 5.74) is 1.17. The van der Waals surface area contributed by atoms with Gasteiger partial charge in [-0.25, -0.2) is 0 Å². The number of carbonyl (C=O) groups is 1. The monoisotopic (exact) mass is 336 g/mol. The highest BCUT2D eigenvalue weighted by atomic mass is 28.4. The number of carbonyl (C=O) groups excluding carboxylic acids is 1. The van der Waals surface area contributed by atoms with Gasteiger partial charge in [0.25, 0.3) is 0 Å². The van der Waals surface area contributed by atoms with Gasteiger partial charge in [-0.05, 0) is 37.0 Å². The Morgan fingerprint density at radius 1 is 1.17 bits per heavy atom. The van der Waals surface area contributed by atoms with Gasteiger partial charge >= 0.3 is 0 Å². The van der Waals surface area contributed by atoms with Gasteiger partial charge in [-0.3, -0.25) is 4.79 Å². The molecule has 4 heteroatoms. The molecule has 23 heavy (non-hydrogen) atoms. The molecule has 0 amide bonds. The molecule has 0 N–H and O–H groups in total. The molecule has 0 radical (unpaired) electrons. The van der Waals surface area contributed by atoms with Gasteiger partial charge in [-0.2, -0.15) is 0 Å². The molecule has 0 aromatic heterocycles. The minimum absolute atomic E-state index is 0.0378. The van der Waals surface area contributed by atoms with E-state index in [0.29, 0.717) is 19.6 Å². The number of rotatable bonds is 9. The largest absolute Gasteiger partial charge is 0.413 e. The Bertz CT molecular complexity index is 477. The van der Waals surface area contributed by atoms with Crippen molar-refractivity contribution in [3.05, 3.63) is 35.9 Å². The molecule has 0 aliphatic heterocycles. The summed E-state index contributed by atoms with van der Waals surface area (Å²) in [6.07, 6.45) is 1.20. The van der Waals surface area contributed by atoms with Crippen LogP contribution >= 0.6 is 0 Å². The third-order valence-corrected chi connectivity index (χ3v) is 9.01. The van der Waals surface area contributed by atoms with E-state index in [4.69, 9.17) is 9.16 Å². The third kappa shape index (κ3) is 7.42. The Labute approximate surface area is 142 Å². The van der Waals surface area contributed by atoms with Crippen LogP contribution in [0.1, 0.15) is 46.1 Å². The van der Waals surface area contributed by atoms with Gasteiger partial charge in [-0.15, -0.1) is 0 Å². The van der Waals surface area contributed by atoms with Crippen molar-refractivity contribution < 1.29 is 14.0 Å². The highest BCUT2D eigenvalue weighted by Gasteiger charge is 2.39. The molecule has 0 saturated carbocycles. The summed E-state index contributed by atoms with van der Waals surface area (Å²) in [6.45, 7) is 14.0. The highest BCUT2D eigenvalue weighted by molar-refractivity contribution is 6.74. The average Bonchev–Trinajstić information content (AvgIpc) is 2.42. The number of benzene rings is 1. The molecule has 0 unspecified atom stereocenters. The number of hydrogen-bond acceptors (Lipinski definition) is 3. The quantitative estimate of drug-likeness (QED) is 0.472. The fourth-order valence-corrected chi connectivity index (χ4v) is 3.48. The van der Waals surface area contributed by atoms with Gasteiger partial charge in [0, 0.05) is 13.0 Å². The topological polar surface area (TPSA) is 35.5 Å². The van der Waals surface area contributed by atoms with Crippen molar-refractivity contribution in [1.29, 1.82) is 0 Å². The maximum absolute atomic E-state index is 11.5. The van der Waals surface area contributed by atoms with Crippen molar-refractivity contribution in [3.8, 4) is 0 Å². The predicted molar refractivity (Wildman–Crippen MR) is 98.1 cm³/mol. The van der Waals surface area contributed by atoms with Gasteiger partial charge in [0.1, 0.15) is 5.78 Å². The van der Waals surface area contributed by atoms with E-state index in [2.05, 4.69) is 46.0 Å². The van der Waals surface area contributed by atoms with Crippen LogP contribution in [-0.4, -0.2) is 26.8 Å². The summed E-state index contributed by atoms with van der Waals surface area (Å²) in [6, 6.07) is 10.1. The Balaban J connectivity index is 2.50. The second kappa shape index (κ2) is 8.76. The van der Waals surface area contributed by atoms with E-state index >= 15 is 0 Å². The molecule has 0 spiro atoms. The first-order valence-electron chi connectivity index (χ1n) is 8.41. The third-order valence-electron chi connectivity index (χ3n) is 4.48. The molecule has 0 heterocycles. The Kier molecular flexibility index (Phi) is 7.65. The second-order valence-corrected chi connectivity index (χ2v) is 12.5. The first-order chi connectivity index (χ1) is 10.6. The predicted octanol–water partition coefficient (Wildman–Crippen LogP) is 4.96. The lowest BCUT2D eigenvalue weighted by Crippen LogP contribution is -2.44. The van der Waals surface area contributed by atoms with Crippen LogP contribution in [0, 0.1) is 0 Å². The van der Waals surface area contributed by atoms with Crippen LogP contribution in [0.5, 0.6) is 0 Å². The Hall–Kier alpha value is -0.973. The molecular formula is C19H32O3Si. The van der Waals surface area contributed by atoms with E-state index < -0.39 is 8.32 Å². The fourth-order valence-electron chi connectivity index (χ4n) is 2.10. The average molecular weight is 337 g/mol. The van der Waals surface area contributed by atoms with Crippen LogP contribution in [0.3, 0.4) is 0 Å². The minimum atomic E-state index is -1.87. The number of hydrogen-bond donors (Lipinski definition) is 0. The fraction of sp³-hybridized carbons (Fsp3) is 0.632. The molecule has 1 rings (SSSR count). The molecule has 0 fully saturated rings. The summed E-state index contributed by atoms with van der Waals surface area (Å²) >= 11 is 0. The molecule has 1 aromatic carbocycles. The number of ketones is 1. The maximum Gasteiger partial charge on any atom is 0.192 e. The summed E-state index contributed by atoms with van der Waals surface area (Å²) < 4.78 is 12.2. The van der Waals surface area contributed by atoms with Crippen LogP contribution < -0.4 is 0 Å². The van der Waals surface area contributed by atoms with Crippen molar-refractivity contribution in [3.63, 3.8) is 0 Å². The van der Waals surface area contributed by atoms with E-state index in [1.807, 2.05) is 18.2 Å². The zero-order valence-corrected chi connectivity index (χ0v) is 16.5. The lowest BCUT2D eigenvalue weighted by atomic mass is 10.1. The van der Waals surface area contributed by atoms with E-state index in [1.54, 1.807) is 6.92 Å². The standard InChI is InChI=1S/C19H32O3Si/c1-16(20)14-18(22-23(5,6)19(2,3)4)12-13-21-15-17-10-8-7-9-11-17/h7-11,18H,12-15H2,1-6H3/t18-/m1/s1. The molecule has 1 aromatic rings. The molecule has 1 atom stereocenters. The molecule has 130 valence electrons. The van der Waals surface area contributed by atoms with Gasteiger partial charge in [0.15, 0.2) is 8.32 Å². The smallest absolute Gasteiger partial charge is 0.192 e. The number of ether oxygens (including phenoxy) is 1. The highest BCUT2D eigenvalue weighted by Crippen LogP contribution is 2.38. The van der Waals surface area contributed by atoms with Crippen molar-refractivity contribution in [1.82, 2.24) is 0 Å². The lowest BCUT2D eigenvalue weighted by molar-refractivity contribution is -0.118. The first kappa shape index (κ1) is 20.1. The first-order valence-corrected chi connectivity index (χ1v) is 11.3. The summed E-state index contributed by atoms with van der Waals surface area (Å²) in [4.78, 5) is 11.5. The van der Waals surface area contributed by atoms with Crippen LogP contribution in [0.2, 0.25) is 18.1 Å². The van der Waals surface area contributed by atoms with E-state index in [0.717, 1.165) is 6.42 Å². The second-order valence-electron chi connectivity index (χ2n) is 7.73. The summed E-state index contributed by atoms with van der Waals surface area (Å²) in [5, 5.41) is 0.146. The number of Topliss-reactive ketones (excluding diaryl/α,β-unsaturated/α-hetero) is 1. The maximum atomic E-state index is 11.5. The molecule has 0 aliphatic carbocycles. The Morgan fingerprint density at radius 2 is 1.78 bits per heavy atom. The van der Waals surface area contributed by atoms with Crippen LogP contribution in [-0.2, 0) is 20.6 Å². The van der Waals surface area contributed by atoms with Gasteiger partial charge < -0.3 is 9.16 Å². The van der Waals surface area contributed by atoms with Gasteiger partial charge in [0.05, 0.1) is 12.7 Å². The van der Waals surface area contributed by atoms with Crippen molar-refractivity contribution in [2.75, 3.05) is 6.61 Å². The summed E-state index contributed by atoms with van der Waals surface area (Å²) in [7, 11) is -1.87. The summed E-state index contributed by atoms with van der Waals surface area (Å²) in [5.74, 6) is 0.178. The SMILES string of the molecule is CC(=O)C[C@@H](CCOCc1ccccc1)O[Si](C)(C)C(C)(C)C. The van der Waals surface area contributed by atoms with Crippen LogP contribution in [0.4, 0.5) is 0 Å². The lowest BCUT2D eigenvalue weighted by Gasteiger charge is -2.39. The normalized spacial score (nSPS) is 13.8. The molecular weight excluding hydrogens is 304 g/mol. The van der Waals surface area contributed by atoms with Gasteiger partial charge in [-0.1, -0.05) is 51.1 Å². The van der Waals surface area contributed by atoms with Crippen LogP contribution in [0.25, 0.3) is 0 Å². The van der Waals surface area contributed by atoms with Gasteiger partial charge in [0.2, 0.25) is 0 Å². The molecule has 0 bridgehead atoms. The molecule has 0 aliphatic rings. The molecule has 3 nitrogen and oxygen atoms in total. The molecule has 0 saturated heterocycles. The van der Waals surface area contributed by atoms with Crippen molar-refractivity contribution in [2.24, 2.45) is 0 Å².